The molecule has 116 valence electrons. The molecule has 2 saturated heterocycles. The zero-order valence-corrected chi connectivity index (χ0v) is 13.0. The molecule has 0 aliphatic carbocycles. The maximum atomic E-state index is 12.5. The Morgan fingerprint density at radius 1 is 1.36 bits per heavy atom. The molecule has 0 N–H and O–H groups in total. The van der Waals surface area contributed by atoms with Crippen molar-refractivity contribution in [2.45, 2.75) is 12.5 Å². The molecule has 0 spiro atoms. The van der Waals surface area contributed by atoms with E-state index in [2.05, 4.69) is 0 Å². The predicted octanol–water partition coefficient (Wildman–Crippen LogP) is 1.61. The Morgan fingerprint density at radius 2 is 2.18 bits per heavy atom. The van der Waals surface area contributed by atoms with Gasteiger partial charge in [0, 0.05) is 18.7 Å². The minimum atomic E-state index is -0.204. The second-order valence-electron chi connectivity index (χ2n) is 5.24. The van der Waals surface area contributed by atoms with E-state index in [1.165, 1.54) is 4.90 Å². The highest BCUT2D eigenvalue weighted by molar-refractivity contribution is 8.14. The third-order valence-electron chi connectivity index (χ3n) is 3.92. The maximum Gasteiger partial charge on any atom is 0.289 e. The monoisotopic (exact) mass is 320 g/mol. The Balaban J connectivity index is 1.70. The van der Waals surface area contributed by atoms with Gasteiger partial charge in [-0.05, 0) is 24.6 Å². The van der Waals surface area contributed by atoms with E-state index < -0.39 is 0 Å². The molecule has 2 fully saturated rings. The number of carbonyl (C=O) groups excluding carboxylic acids is 3. The second kappa shape index (κ2) is 6.00. The van der Waals surface area contributed by atoms with Gasteiger partial charge in [-0.15, -0.1) is 0 Å². The highest BCUT2D eigenvalue weighted by atomic mass is 32.2. The molecular weight excluding hydrogens is 304 g/mol. The van der Waals surface area contributed by atoms with Crippen molar-refractivity contribution in [1.29, 1.82) is 0 Å². The summed E-state index contributed by atoms with van der Waals surface area (Å²) < 4.78 is 5.13. The molecular formula is C15H16N2O4S. The summed E-state index contributed by atoms with van der Waals surface area (Å²) in [6.45, 7) is 0.941. The van der Waals surface area contributed by atoms with Crippen LogP contribution in [0, 0.1) is 0 Å². The van der Waals surface area contributed by atoms with Crippen molar-refractivity contribution in [1.82, 2.24) is 9.80 Å². The van der Waals surface area contributed by atoms with Crippen molar-refractivity contribution < 1.29 is 19.1 Å². The number of amides is 3. The van der Waals surface area contributed by atoms with E-state index in [-0.39, 0.29) is 28.8 Å². The van der Waals surface area contributed by atoms with E-state index in [1.807, 2.05) is 0 Å². The lowest BCUT2D eigenvalue weighted by Gasteiger charge is -2.22. The van der Waals surface area contributed by atoms with Gasteiger partial charge in [-0.1, -0.05) is 17.8 Å². The van der Waals surface area contributed by atoms with Gasteiger partial charge < -0.3 is 9.64 Å². The van der Waals surface area contributed by atoms with Gasteiger partial charge >= 0.3 is 0 Å². The molecule has 2 aliphatic heterocycles. The molecule has 0 aromatic heterocycles. The fourth-order valence-corrected chi connectivity index (χ4v) is 3.57. The molecule has 0 unspecified atom stereocenters. The number of hydrogen-bond acceptors (Lipinski definition) is 5. The Bertz CT molecular complexity index is 618. The predicted molar refractivity (Wildman–Crippen MR) is 82.0 cm³/mol. The minimum Gasteiger partial charge on any atom is -0.497 e. The molecule has 1 aromatic rings. The van der Waals surface area contributed by atoms with E-state index in [9.17, 15) is 14.4 Å². The highest BCUT2D eigenvalue weighted by Crippen LogP contribution is 2.27. The van der Waals surface area contributed by atoms with Crippen LogP contribution in [-0.4, -0.2) is 58.8 Å². The normalized spacial score (nSPS) is 21.6. The first-order valence-electron chi connectivity index (χ1n) is 7.02. The van der Waals surface area contributed by atoms with Crippen molar-refractivity contribution in [3.8, 4) is 5.75 Å². The van der Waals surface area contributed by atoms with Crippen LogP contribution in [0.4, 0.5) is 4.79 Å². The largest absolute Gasteiger partial charge is 0.497 e. The van der Waals surface area contributed by atoms with E-state index in [0.29, 0.717) is 30.8 Å². The van der Waals surface area contributed by atoms with Crippen molar-refractivity contribution in [2.24, 2.45) is 0 Å². The number of rotatable bonds is 3. The van der Waals surface area contributed by atoms with Gasteiger partial charge in [-0.25, -0.2) is 0 Å². The number of ether oxygens (including phenoxy) is 1. The molecule has 1 atom stereocenters. The fraction of sp³-hybridized carbons (Fsp3) is 0.400. The summed E-state index contributed by atoms with van der Waals surface area (Å²) in [5.74, 6) is 0.575. The van der Waals surface area contributed by atoms with Crippen LogP contribution in [0.1, 0.15) is 16.8 Å². The van der Waals surface area contributed by atoms with Crippen LogP contribution in [0.2, 0.25) is 0 Å². The Kier molecular flexibility index (Phi) is 4.06. The first-order valence-corrected chi connectivity index (χ1v) is 8.01. The molecule has 7 heteroatoms. The molecule has 0 bridgehead atoms. The third kappa shape index (κ3) is 2.68. The summed E-state index contributed by atoms with van der Waals surface area (Å²) >= 11 is 1.03. The molecule has 0 saturated carbocycles. The fourth-order valence-electron chi connectivity index (χ4n) is 2.79. The number of benzene rings is 1. The molecule has 0 radical (unpaired) electrons. The van der Waals surface area contributed by atoms with Crippen LogP contribution >= 0.6 is 11.8 Å². The van der Waals surface area contributed by atoms with Crippen molar-refractivity contribution >= 4 is 28.8 Å². The van der Waals surface area contributed by atoms with Gasteiger partial charge in [0.1, 0.15) is 5.75 Å². The van der Waals surface area contributed by atoms with Gasteiger partial charge in [0.25, 0.3) is 11.1 Å². The maximum absolute atomic E-state index is 12.5. The molecule has 22 heavy (non-hydrogen) atoms. The van der Waals surface area contributed by atoms with E-state index in [0.717, 1.165) is 11.8 Å². The van der Waals surface area contributed by atoms with Crippen molar-refractivity contribution in [2.75, 3.05) is 26.0 Å². The van der Waals surface area contributed by atoms with Gasteiger partial charge in [0.2, 0.25) is 5.91 Å². The summed E-state index contributed by atoms with van der Waals surface area (Å²) in [5, 5.41) is -0.203. The number of carbonyl (C=O) groups is 3. The first-order chi connectivity index (χ1) is 10.6. The lowest BCUT2D eigenvalue weighted by Crippen LogP contribution is -2.41. The highest BCUT2D eigenvalue weighted by Gasteiger charge is 2.40. The minimum absolute atomic E-state index is 0.104. The van der Waals surface area contributed by atoms with Gasteiger partial charge in [-0.3, -0.25) is 19.3 Å². The van der Waals surface area contributed by atoms with Gasteiger partial charge in [-0.2, -0.15) is 0 Å². The van der Waals surface area contributed by atoms with E-state index in [4.69, 9.17) is 4.74 Å². The number of imide groups is 1. The Labute approximate surface area is 132 Å². The number of likely N-dealkylation sites (tertiary alicyclic amines) is 1. The number of methoxy groups -OCH3 is 1. The summed E-state index contributed by atoms with van der Waals surface area (Å²) in [6, 6.07) is 6.77. The van der Waals surface area contributed by atoms with Crippen LogP contribution in [0.25, 0.3) is 0 Å². The lowest BCUT2D eigenvalue weighted by molar-refractivity contribution is -0.126. The zero-order valence-electron chi connectivity index (χ0n) is 12.2. The zero-order chi connectivity index (χ0) is 15.7. The Morgan fingerprint density at radius 3 is 2.86 bits per heavy atom. The molecule has 3 amide bonds. The second-order valence-corrected chi connectivity index (χ2v) is 6.17. The molecule has 1 aromatic carbocycles. The molecule has 2 heterocycles. The van der Waals surface area contributed by atoms with Crippen molar-refractivity contribution in [3.05, 3.63) is 29.8 Å². The van der Waals surface area contributed by atoms with E-state index in [1.54, 1.807) is 36.3 Å². The quantitative estimate of drug-likeness (QED) is 0.846. The van der Waals surface area contributed by atoms with Crippen LogP contribution in [0.3, 0.4) is 0 Å². The first kappa shape index (κ1) is 14.9. The smallest absolute Gasteiger partial charge is 0.289 e. The average Bonchev–Trinajstić information content (AvgIpc) is 3.13. The summed E-state index contributed by atoms with van der Waals surface area (Å²) in [5.41, 5.74) is 0.549. The van der Waals surface area contributed by atoms with E-state index >= 15 is 0 Å². The summed E-state index contributed by atoms with van der Waals surface area (Å²) in [4.78, 5) is 39.0. The van der Waals surface area contributed by atoms with Gasteiger partial charge in [0.15, 0.2) is 0 Å². The number of thioether (sulfide) groups is 1. The molecule has 3 rings (SSSR count). The van der Waals surface area contributed by atoms with Crippen LogP contribution in [0.15, 0.2) is 24.3 Å². The SMILES string of the molecule is COc1cccc(C(=O)N2CC[C@H](N3C(=O)CSC3=O)C2)c1. The van der Waals surface area contributed by atoms with Crippen molar-refractivity contribution in [3.63, 3.8) is 0 Å². The Hall–Kier alpha value is -2.02. The van der Waals surface area contributed by atoms with Crippen LogP contribution in [-0.2, 0) is 4.79 Å². The standard InChI is InChI=1S/C15H16N2O4S/c1-21-12-4-2-3-10(7-12)14(19)16-6-5-11(8-16)17-13(18)9-22-15(17)20/h2-4,7,11H,5-6,8-9H2,1H3/t11-/m0/s1. The number of hydrogen-bond donors (Lipinski definition) is 0. The third-order valence-corrected chi connectivity index (χ3v) is 4.75. The van der Waals surface area contributed by atoms with Crippen LogP contribution in [0.5, 0.6) is 5.75 Å². The molecule has 2 aliphatic rings. The average molecular weight is 320 g/mol. The molecule has 6 nitrogen and oxygen atoms in total. The lowest BCUT2D eigenvalue weighted by atomic mass is 10.2. The summed E-state index contributed by atoms with van der Waals surface area (Å²) in [6.07, 6.45) is 0.633. The van der Waals surface area contributed by atoms with Gasteiger partial charge in [0.05, 0.1) is 18.9 Å². The number of nitrogens with zero attached hydrogens (tertiary/aromatic N) is 2. The topological polar surface area (TPSA) is 66.9 Å². The van der Waals surface area contributed by atoms with Crippen LogP contribution < -0.4 is 4.74 Å². The summed E-state index contributed by atoms with van der Waals surface area (Å²) in [7, 11) is 1.55.